The van der Waals surface area contributed by atoms with Crippen LogP contribution in [0.3, 0.4) is 0 Å². The van der Waals surface area contributed by atoms with Gasteiger partial charge < -0.3 is 38.0 Å². The van der Waals surface area contributed by atoms with Crippen molar-refractivity contribution in [3.8, 4) is 0 Å². The summed E-state index contributed by atoms with van der Waals surface area (Å²) in [6.07, 6.45) is -10.6. The van der Waals surface area contributed by atoms with Crippen molar-refractivity contribution in [2.75, 3.05) is 13.7 Å². The Morgan fingerprint density at radius 2 is 1.44 bits per heavy atom. The fourth-order valence-corrected chi connectivity index (χ4v) is 3.60. The van der Waals surface area contributed by atoms with Gasteiger partial charge in [-0.3, -0.25) is 28.8 Å². The molecular formula is C22H30FNO15. The second kappa shape index (κ2) is 14.3. The Labute approximate surface area is 221 Å². The fraction of sp³-hybridized carbons (Fsp3) is 0.682. The number of ether oxygens (including phenoxy) is 7. The molecule has 0 bridgehead atoms. The maximum Gasteiger partial charge on any atom is 0.383 e. The molecule has 1 saturated heterocycles. The van der Waals surface area contributed by atoms with Gasteiger partial charge in [0.15, 0.2) is 18.3 Å². The van der Waals surface area contributed by atoms with Crippen LogP contribution in [0.1, 0.15) is 41.5 Å². The number of rotatable bonds is 11. The van der Waals surface area contributed by atoms with E-state index in [-0.39, 0.29) is 0 Å². The average Bonchev–Trinajstić information content (AvgIpc) is 2.80. The van der Waals surface area contributed by atoms with Gasteiger partial charge >= 0.3 is 47.6 Å². The number of hydrogen-bond donors (Lipinski definition) is 1. The minimum atomic E-state index is -3.28. The predicted molar refractivity (Wildman–Crippen MR) is 118 cm³/mol. The van der Waals surface area contributed by atoms with E-state index in [1.807, 2.05) is 0 Å². The lowest BCUT2D eigenvalue weighted by Crippen LogP contribution is -2.74. The van der Waals surface area contributed by atoms with E-state index in [1.54, 1.807) is 0 Å². The molecule has 0 saturated carbocycles. The number of halogens is 1. The molecule has 17 heteroatoms. The molecule has 1 heterocycles. The lowest BCUT2D eigenvalue weighted by atomic mass is 9.87. The average molecular weight is 567 g/mol. The topological polar surface area (TPSA) is 205 Å². The molecule has 0 aliphatic carbocycles. The molecule has 0 radical (unpaired) electrons. The molecule has 0 aromatic heterocycles. The number of carbonyl (C=O) groups excluding carboxylic acids is 7. The van der Waals surface area contributed by atoms with Crippen molar-refractivity contribution >= 4 is 41.8 Å². The molecule has 0 amide bonds. The summed E-state index contributed by atoms with van der Waals surface area (Å²) >= 11 is 0. The Morgan fingerprint density at radius 1 is 0.846 bits per heavy atom. The summed E-state index contributed by atoms with van der Waals surface area (Å²) in [7, 11) is 0.800. The van der Waals surface area contributed by atoms with Crippen molar-refractivity contribution < 1.29 is 75.9 Å². The lowest BCUT2D eigenvalue weighted by Gasteiger charge is -2.49. The molecular weight excluding hydrogens is 537 g/mol. The number of nitrogens with one attached hydrogen (secondary N) is 1. The van der Waals surface area contributed by atoms with Gasteiger partial charge in [0, 0.05) is 41.5 Å². The molecule has 1 fully saturated rings. The van der Waals surface area contributed by atoms with Crippen LogP contribution in [0.5, 0.6) is 0 Å². The van der Waals surface area contributed by atoms with Gasteiger partial charge in [0.05, 0.1) is 7.11 Å². The zero-order chi connectivity index (χ0) is 30.1. The van der Waals surface area contributed by atoms with Gasteiger partial charge in [-0.2, -0.15) is 0 Å². The summed E-state index contributed by atoms with van der Waals surface area (Å²) < 4.78 is 51.4. The summed E-state index contributed by atoms with van der Waals surface area (Å²) in [6, 6.07) is -1.83. The molecule has 1 aliphatic heterocycles. The van der Waals surface area contributed by atoms with Gasteiger partial charge in [0.1, 0.15) is 18.8 Å². The summed E-state index contributed by atoms with van der Waals surface area (Å²) in [4.78, 5) is 88.4. The number of esters is 6. The number of carbonyl (C=O) groups is 7. The van der Waals surface area contributed by atoms with Crippen LogP contribution in [-0.4, -0.2) is 97.9 Å². The zero-order valence-electron chi connectivity index (χ0n) is 22.2. The minimum Gasteiger partial charge on any atom is -0.464 e. The molecule has 16 nitrogen and oxygen atoms in total. The van der Waals surface area contributed by atoms with Crippen LogP contribution in [0.25, 0.3) is 0 Å². The first-order chi connectivity index (χ1) is 18.0. The smallest absolute Gasteiger partial charge is 0.383 e. The quantitative estimate of drug-likeness (QED) is 0.180. The van der Waals surface area contributed by atoms with Crippen molar-refractivity contribution in [2.45, 2.75) is 84.0 Å². The van der Waals surface area contributed by atoms with Gasteiger partial charge in [-0.1, -0.05) is 0 Å². The Morgan fingerprint density at radius 3 is 1.87 bits per heavy atom. The highest BCUT2D eigenvalue weighted by atomic mass is 19.1. The molecule has 0 aromatic rings. The largest absolute Gasteiger partial charge is 0.464 e. The molecule has 1 N–H and O–H groups in total. The van der Waals surface area contributed by atoms with Crippen molar-refractivity contribution in [1.29, 1.82) is 0 Å². The van der Waals surface area contributed by atoms with Crippen LogP contribution in [0.4, 0.5) is 4.39 Å². The van der Waals surface area contributed by atoms with E-state index in [0.29, 0.717) is 0 Å². The summed E-state index contributed by atoms with van der Waals surface area (Å²) in [5, 5.41) is 0. The molecule has 1 aliphatic rings. The van der Waals surface area contributed by atoms with E-state index in [4.69, 9.17) is 33.3 Å². The number of methoxy groups -OCH3 is 1. The first kappa shape index (κ1) is 33.2. The number of alkyl halides is 1. The molecule has 1 unspecified atom stereocenters. The van der Waals surface area contributed by atoms with Crippen molar-refractivity contribution in [3.05, 3.63) is 0 Å². The Hall–Kier alpha value is -3.86. The maximum absolute atomic E-state index is 16.0. The molecule has 1 rings (SSSR count). The molecule has 0 spiro atoms. The van der Waals surface area contributed by atoms with E-state index in [1.165, 1.54) is 0 Å². The second-order valence-corrected chi connectivity index (χ2v) is 8.07. The van der Waals surface area contributed by atoms with Gasteiger partial charge in [0.25, 0.3) is 0 Å². The Bertz CT molecular complexity index is 971. The van der Waals surface area contributed by atoms with Crippen LogP contribution < -0.4 is 5.48 Å². The molecule has 39 heavy (non-hydrogen) atoms. The van der Waals surface area contributed by atoms with Crippen LogP contribution >= 0.6 is 0 Å². The van der Waals surface area contributed by atoms with E-state index < -0.39 is 90.8 Å². The van der Waals surface area contributed by atoms with E-state index >= 15 is 4.39 Å². The highest BCUT2D eigenvalue weighted by molar-refractivity contribution is 5.82. The third-order valence-electron chi connectivity index (χ3n) is 4.84. The van der Waals surface area contributed by atoms with Gasteiger partial charge in [-0.05, 0) is 0 Å². The van der Waals surface area contributed by atoms with E-state index in [2.05, 4.69) is 10.2 Å². The molecule has 0 aromatic carbocycles. The highest BCUT2D eigenvalue weighted by Gasteiger charge is 2.67. The minimum absolute atomic E-state index is 0.761. The van der Waals surface area contributed by atoms with Crippen LogP contribution in [-0.2, 0) is 71.6 Å². The predicted octanol–water partition coefficient (Wildman–Crippen LogP) is -1.05. The van der Waals surface area contributed by atoms with E-state index in [9.17, 15) is 33.6 Å². The monoisotopic (exact) mass is 567 g/mol. The Balaban J connectivity index is 3.93. The highest BCUT2D eigenvalue weighted by Crippen LogP contribution is 2.39. The summed E-state index contributed by atoms with van der Waals surface area (Å²) in [5.41, 5.74) is 2.11. The lowest BCUT2D eigenvalue weighted by molar-refractivity contribution is -0.332. The third kappa shape index (κ3) is 9.13. The first-order valence-electron chi connectivity index (χ1n) is 11.2. The van der Waals surface area contributed by atoms with Gasteiger partial charge in [-0.25, -0.2) is 9.18 Å². The van der Waals surface area contributed by atoms with E-state index in [0.717, 1.165) is 48.7 Å². The summed E-state index contributed by atoms with van der Waals surface area (Å²) in [5.74, 6) is -11.1. The number of hydroxylamine groups is 1. The number of hydrogen-bond acceptors (Lipinski definition) is 16. The van der Waals surface area contributed by atoms with Crippen LogP contribution in [0.15, 0.2) is 0 Å². The molecule has 220 valence electrons. The molecule has 7 atom stereocenters. The normalized spacial score (nSPS) is 25.6. The van der Waals surface area contributed by atoms with Gasteiger partial charge in [0.2, 0.25) is 6.17 Å². The second-order valence-electron chi connectivity index (χ2n) is 8.07. The van der Waals surface area contributed by atoms with Crippen molar-refractivity contribution in [2.24, 2.45) is 0 Å². The van der Waals surface area contributed by atoms with Crippen LogP contribution in [0.2, 0.25) is 0 Å². The third-order valence-corrected chi connectivity index (χ3v) is 4.84. The zero-order valence-corrected chi connectivity index (χ0v) is 22.2. The SMILES string of the molecule is COC(=O)[C@@]1(OC(C)=O)O[C@H]([C@H](OC(C)=O)C(COC(C)=O)OC(C)=O)[C@H](NOC(C)=O)[C@H](OC(C)=O)[C@H]1F. The van der Waals surface area contributed by atoms with Crippen LogP contribution in [0, 0.1) is 0 Å². The van der Waals surface area contributed by atoms with Crippen molar-refractivity contribution in [3.63, 3.8) is 0 Å². The Kier molecular flexibility index (Phi) is 12.2. The maximum atomic E-state index is 16.0. The summed E-state index contributed by atoms with van der Waals surface area (Å²) in [6.45, 7) is 4.75. The van der Waals surface area contributed by atoms with Crippen molar-refractivity contribution in [1.82, 2.24) is 5.48 Å². The van der Waals surface area contributed by atoms with Gasteiger partial charge in [-0.15, -0.1) is 5.48 Å². The first-order valence-corrected chi connectivity index (χ1v) is 11.2. The standard InChI is InChI=1S/C22H30FNO15/c1-9(25)33-8-15(34-10(2)26)17(35-11(3)27)18-16(24-39-14(6)30)19(36-12(4)28)20(23)22(38-18,21(31)32-7)37-13(5)29/h15-20,24H,8H2,1-7H3/t15?,16-,17+,18-,19-,20+,22-/m0/s1. The fourth-order valence-electron chi connectivity index (χ4n) is 3.60.